The standard InChI is InChI=1S/C16H15NO2.C6H7N/c1-12(11-17-15-5-3-2-4-6-15)13-7-9-14(10-8-13)16(18)19;7-6-4-2-1-3-5-6/h2-11,17H,1H3,(H,18,19);1-5H,7H2/p+1/b12-11-;. The summed E-state index contributed by atoms with van der Waals surface area (Å²) in [6, 6.07) is 26.6. The third kappa shape index (κ3) is 6.26. The highest BCUT2D eigenvalue weighted by Crippen LogP contribution is 2.15. The van der Waals surface area contributed by atoms with Crippen LogP contribution >= 0.6 is 0 Å². The third-order valence-electron chi connectivity index (χ3n) is 3.66. The summed E-state index contributed by atoms with van der Waals surface area (Å²) in [4.78, 5) is 10.8. The van der Waals surface area contributed by atoms with Crippen LogP contribution in [0.15, 0.2) is 91.1 Å². The van der Waals surface area contributed by atoms with Gasteiger partial charge in [0.2, 0.25) is 0 Å². The van der Waals surface area contributed by atoms with Crippen LogP contribution in [0.25, 0.3) is 5.57 Å². The van der Waals surface area contributed by atoms with Crippen molar-refractivity contribution in [2.75, 3.05) is 5.32 Å². The molecule has 3 rings (SSSR count). The van der Waals surface area contributed by atoms with E-state index >= 15 is 0 Å². The van der Waals surface area contributed by atoms with Crippen molar-refractivity contribution in [3.63, 3.8) is 0 Å². The largest absolute Gasteiger partial charge is 0.478 e. The van der Waals surface area contributed by atoms with Gasteiger partial charge in [-0.3, -0.25) is 0 Å². The average molecular weight is 347 g/mol. The van der Waals surface area contributed by atoms with Crippen molar-refractivity contribution in [2.45, 2.75) is 6.92 Å². The summed E-state index contributed by atoms with van der Waals surface area (Å²) in [5.74, 6) is -0.907. The Bertz CT molecular complexity index is 842. The van der Waals surface area contributed by atoms with Crippen molar-refractivity contribution in [1.82, 2.24) is 0 Å². The van der Waals surface area contributed by atoms with Gasteiger partial charge < -0.3 is 16.2 Å². The van der Waals surface area contributed by atoms with Gasteiger partial charge in [-0.15, -0.1) is 0 Å². The van der Waals surface area contributed by atoms with Gasteiger partial charge in [0.1, 0.15) is 5.69 Å². The fourth-order valence-electron chi connectivity index (χ4n) is 2.16. The first-order chi connectivity index (χ1) is 12.6. The number of carboxylic acids is 1. The molecule has 0 aliphatic heterocycles. The normalized spacial score (nSPS) is 10.5. The molecule has 26 heavy (non-hydrogen) atoms. The Morgan fingerprint density at radius 2 is 1.35 bits per heavy atom. The maximum atomic E-state index is 10.8. The van der Waals surface area contributed by atoms with E-state index in [0.29, 0.717) is 5.56 Å². The molecule has 3 aromatic carbocycles. The molecule has 0 unspecified atom stereocenters. The van der Waals surface area contributed by atoms with E-state index in [1.165, 1.54) is 0 Å². The second-order valence-corrected chi connectivity index (χ2v) is 5.71. The van der Waals surface area contributed by atoms with Crippen molar-refractivity contribution >= 4 is 22.9 Å². The lowest BCUT2D eigenvalue weighted by molar-refractivity contribution is -0.254. The number of allylic oxidation sites excluding steroid dienone is 1. The van der Waals surface area contributed by atoms with E-state index in [1.54, 1.807) is 12.1 Å². The number of hydrogen-bond acceptors (Lipinski definition) is 2. The highest BCUT2D eigenvalue weighted by molar-refractivity contribution is 5.88. The maximum absolute atomic E-state index is 10.8. The topological polar surface area (TPSA) is 77.0 Å². The molecule has 0 aliphatic rings. The summed E-state index contributed by atoms with van der Waals surface area (Å²) in [5, 5.41) is 12.0. The lowest BCUT2D eigenvalue weighted by Crippen LogP contribution is -2.39. The summed E-state index contributed by atoms with van der Waals surface area (Å²) in [5.41, 5.74) is 8.14. The van der Waals surface area contributed by atoms with Gasteiger partial charge in [0, 0.05) is 11.9 Å². The van der Waals surface area contributed by atoms with Crippen LogP contribution in [0, 0.1) is 0 Å². The molecule has 0 amide bonds. The minimum Gasteiger partial charge on any atom is -0.478 e. The van der Waals surface area contributed by atoms with Crippen molar-refractivity contribution in [3.8, 4) is 0 Å². The smallest absolute Gasteiger partial charge is 0.335 e. The monoisotopic (exact) mass is 347 g/mol. The van der Waals surface area contributed by atoms with Crippen LogP contribution in [0.5, 0.6) is 0 Å². The molecular weight excluding hydrogens is 324 g/mol. The van der Waals surface area contributed by atoms with Crippen LogP contribution in [0.3, 0.4) is 0 Å². The lowest BCUT2D eigenvalue weighted by Gasteiger charge is -2.05. The highest BCUT2D eigenvalue weighted by atomic mass is 16.4. The van der Waals surface area contributed by atoms with Gasteiger partial charge in [-0.05, 0) is 54.5 Å². The number of quaternary nitrogens is 1. The molecule has 3 aromatic rings. The molecule has 0 aliphatic carbocycles. The molecule has 4 heteroatoms. The Hall–Kier alpha value is -3.37. The first-order valence-electron chi connectivity index (χ1n) is 8.25. The Balaban J connectivity index is 0.000000290. The zero-order valence-electron chi connectivity index (χ0n) is 14.7. The van der Waals surface area contributed by atoms with E-state index in [-0.39, 0.29) is 0 Å². The fraction of sp³-hybridized carbons (Fsp3) is 0.0455. The third-order valence-corrected chi connectivity index (χ3v) is 3.66. The molecule has 4 nitrogen and oxygen atoms in total. The Morgan fingerprint density at radius 1 is 0.846 bits per heavy atom. The van der Waals surface area contributed by atoms with E-state index in [9.17, 15) is 4.79 Å². The quantitative estimate of drug-likeness (QED) is 0.654. The predicted molar refractivity (Wildman–Crippen MR) is 106 cm³/mol. The van der Waals surface area contributed by atoms with E-state index in [4.69, 9.17) is 5.11 Å². The Morgan fingerprint density at radius 3 is 1.81 bits per heavy atom. The van der Waals surface area contributed by atoms with Crippen LogP contribution in [0.1, 0.15) is 22.8 Å². The van der Waals surface area contributed by atoms with Gasteiger partial charge in [0.25, 0.3) is 0 Å². The van der Waals surface area contributed by atoms with Crippen LogP contribution in [0.4, 0.5) is 11.4 Å². The number of carbonyl (C=O) groups is 1. The predicted octanol–water partition coefficient (Wildman–Crippen LogP) is 4.42. The molecule has 0 bridgehead atoms. The first kappa shape index (κ1) is 19.0. The number of para-hydroxylation sites is 1. The van der Waals surface area contributed by atoms with Crippen LogP contribution < -0.4 is 11.1 Å². The first-order valence-corrected chi connectivity index (χ1v) is 8.25. The van der Waals surface area contributed by atoms with Gasteiger partial charge in [-0.1, -0.05) is 48.5 Å². The van der Waals surface area contributed by atoms with Gasteiger partial charge in [0.15, 0.2) is 0 Å². The molecular formula is C22H23N2O2+. The van der Waals surface area contributed by atoms with Crippen LogP contribution in [0.2, 0.25) is 0 Å². The maximum Gasteiger partial charge on any atom is 0.335 e. The summed E-state index contributed by atoms with van der Waals surface area (Å²) < 4.78 is 0. The number of carboxylic acid groups (broad SMARTS) is 1. The minimum absolute atomic E-state index is 0.299. The second-order valence-electron chi connectivity index (χ2n) is 5.71. The minimum atomic E-state index is -0.907. The zero-order chi connectivity index (χ0) is 18.8. The van der Waals surface area contributed by atoms with Crippen molar-refractivity contribution in [3.05, 3.63) is 102 Å². The summed E-state index contributed by atoms with van der Waals surface area (Å²) in [6.07, 6.45) is 1.91. The highest BCUT2D eigenvalue weighted by Gasteiger charge is 2.02. The van der Waals surface area contributed by atoms with Crippen molar-refractivity contribution in [2.24, 2.45) is 0 Å². The van der Waals surface area contributed by atoms with Gasteiger partial charge in [-0.2, -0.15) is 0 Å². The Kier molecular flexibility index (Phi) is 7.16. The van der Waals surface area contributed by atoms with E-state index in [2.05, 4.69) is 11.1 Å². The van der Waals surface area contributed by atoms with Crippen LogP contribution in [-0.4, -0.2) is 11.1 Å². The number of rotatable bonds is 4. The zero-order valence-corrected chi connectivity index (χ0v) is 14.7. The summed E-state index contributed by atoms with van der Waals surface area (Å²) in [6.45, 7) is 1.98. The van der Waals surface area contributed by atoms with Gasteiger partial charge in [-0.25, -0.2) is 4.79 Å². The van der Waals surface area contributed by atoms with E-state index < -0.39 is 5.97 Å². The number of hydrogen-bond donors (Lipinski definition) is 3. The number of benzene rings is 3. The molecule has 0 heterocycles. The summed E-state index contributed by atoms with van der Waals surface area (Å²) >= 11 is 0. The Labute approximate surface area is 153 Å². The molecule has 0 saturated carbocycles. The molecule has 0 saturated heterocycles. The number of anilines is 1. The molecule has 0 spiro atoms. The molecule has 0 atom stereocenters. The van der Waals surface area contributed by atoms with E-state index in [0.717, 1.165) is 22.5 Å². The molecule has 132 valence electrons. The SMILES string of the molecule is C/C(=C/Nc1ccccc1)c1ccc(C(=O)O)cc1.[NH3+]c1ccccc1. The fourth-order valence-corrected chi connectivity index (χ4v) is 2.16. The average Bonchev–Trinajstić information content (AvgIpc) is 2.68. The van der Waals surface area contributed by atoms with Crippen molar-refractivity contribution < 1.29 is 15.6 Å². The van der Waals surface area contributed by atoms with Gasteiger partial charge >= 0.3 is 5.97 Å². The van der Waals surface area contributed by atoms with E-state index in [1.807, 2.05) is 85.9 Å². The van der Waals surface area contributed by atoms with Gasteiger partial charge in [0.05, 0.1) is 5.56 Å². The van der Waals surface area contributed by atoms with Crippen molar-refractivity contribution in [1.29, 1.82) is 0 Å². The molecule has 5 N–H and O–H groups in total. The van der Waals surface area contributed by atoms with Crippen LogP contribution in [-0.2, 0) is 0 Å². The molecule has 0 fully saturated rings. The second kappa shape index (κ2) is 9.81. The number of nitrogens with one attached hydrogen (secondary N) is 1. The molecule has 0 aromatic heterocycles. The summed E-state index contributed by atoms with van der Waals surface area (Å²) in [7, 11) is 0. The lowest BCUT2D eigenvalue weighted by atomic mass is 10.1. The number of aromatic carboxylic acids is 1. The molecule has 0 radical (unpaired) electrons.